The first-order chi connectivity index (χ1) is 17.6. The van der Waals surface area contributed by atoms with Gasteiger partial charge in [-0.2, -0.15) is 0 Å². The zero-order chi connectivity index (χ0) is 26.6. The number of rotatable bonds is 5. The molecule has 0 unspecified atom stereocenters. The van der Waals surface area contributed by atoms with E-state index in [9.17, 15) is 13.2 Å². The highest BCUT2D eigenvalue weighted by Crippen LogP contribution is 2.42. The van der Waals surface area contributed by atoms with E-state index in [4.69, 9.17) is 9.47 Å². The van der Waals surface area contributed by atoms with Gasteiger partial charge < -0.3 is 9.47 Å². The van der Waals surface area contributed by atoms with Crippen LogP contribution in [0.15, 0.2) is 53.6 Å². The van der Waals surface area contributed by atoms with E-state index in [0.29, 0.717) is 22.3 Å². The van der Waals surface area contributed by atoms with Gasteiger partial charge in [0, 0.05) is 36.0 Å². The van der Waals surface area contributed by atoms with Crippen molar-refractivity contribution in [1.82, 2.24) is 8.96 Å². The summed E-state index contributed by atoms with van der Waals surface area (Å²) in [4.78, 5) is 20.1. The lowest BCUT2D eigenvalue weighted by atomic mass is 10.1. The van der Waals surface area contributed by atoms with Gasteiger partial charge in [0.1, 0.15) is 5.69 Å². The molecule has 1 aliphatic heterocycles. The summed E-state index contributed by atoms with van der Waals surface area (Å²) in [6.45, 7) is 1.40. The van der Waals surface area contributed by atoms with Crippen molar-refractivity contribution < 1.29 is 31.5 Å². The number of fused-ring (bicyclic) bond motifs is 3. The summed E-state index contributed by atoms with van der Waals surface area (Å²) < 4.78 is 68.3. The van der Waals surface area contributed by atoms with Crippen molar-refractivity contribution in [1.29, 1.82) is 0 Å². The predicted molar refractivity (Wildman–Crippen MR) is 133 cm³/mol. The van der Waals surface area contributed by atoms with Crippen LogP contribution in [-0.4, -0.2) is 44.7 Å². The lowest BCUT2D eigenvalue weighted by Crippen LogP contribution is -2.46. The molecule has 0 aliphatic carbocycles. The summed E-state index contributed by atoms with van der Waals surface area (Å²) in [6, 6.07) is 9.87. The Kier molecular flexibility index (Phi) is 5.78. The standard InChI is InChI=1S/C25H22F2N4O5S/c1-14-10-17-22-15(12-28-24(17)31(14)37(33,34)16-8-6-5-7-9-16)13-30(25(32)29(22)2)23-20(26)18(35-3)11-19(36-4)21(23)27/h5-12H,13H2,1-4H3. The molecule has 192 valence electrons. The van der Waals surface area contributed by atoms with Gasteiger partial charge in [0.25, 0.3) is 10.0 Å². The van der Waals surface area contributed by atoms with Crippen LogP contribution in [-0.2, 0) is 16.6 Å². The predicted octanol–water partition coefficient (Wildman–Crippen LogP) is 4.45. The minimum atomic E-state index is -3.98. The van der Waals surface area contributed by atoms with Gasteiger partial charge in [-0.15, -0.1) is 0 Å². The number of amides is 2. The van der Waals surface area contributed by atoms with Gasteiger partial charge in [0.2, 0.25) is 0 Å². The fraction of sp³-hybridized carbons (Fsp3) is 0.200. The molecule has 2 amide bonds. The SMILES string of the molecule is COc1cc(OC)c(F)c(N2Cc3cnc4c(cc(C)n4S(=O)(=O)c4ccccc4)c3N(C)C2=O)c1F. The monoisotopic (exact) mass is 528 g/mol. The van der Waals surface area contributed by atoms with Crippen LogP contribution in [0.5, 0.6) is 11.5 Å². The molecular formula is C25H22F2N4O5S. The molecule has 0 bridgehead atoms. The van der Waals surface area contributed by atoms with Crippen molar-refractivity contribution in [3.63, 3.8) is 0 Å². The average Bonchev–Trinajstić information content (AvgIpc) is 3.24. The number of ether oxygens (including phenoxy) is 2. The number of carbonyl (C=O) groups is 1. The van der Waals surface area contributed by atoms with Crippen molar-refractivity contribution >= 4 is 38.5 Å². The first kappa shape index (κ1) is 24.5. The van der Waals surface area contributed by atoms with Crippen LogP contribution in [0.25, 0.3) is 11.0 Å². The van der Waals surface area contributed by atoms with Gasteiger partial charge >= 0.3 is 6.03 Å². The van der Waals surface area contributed by atoms with Crippen molar-refractivity contribution in [3.05, 3.63) is 71.6 Å². The maximum atomic E-state index is 15.2. The topological polar surface area (TPSA) is 94.0 Å². The van der Waals surface area contributed by atoms with Crippen molar-refractivity contribution in [2.45, 2.75) is 18.4 Å². The van der Waals surface area contributed by atoms with E-state index >= 15 is 8.78 Å². The number of nitrogens with zero attached hydrogens (tertiary/aromatic N) is 4. The van der Waals surface area contributed by atoms with Crippen LogP contribution in [0, 0.1) is 18.6 Å². The normalized spacial score (nSPS) is 13.7. The number of aromatic nitrogens is 2. The zero-order valence-corrected chi connectivity index (χ0v) is 21.1. The van der Waals surface area contributed by atoms with Gasteiger partial charge in [-0.1, -0.05) is 18.2 Å². The molecule has 4 aromatic rings. The maximum Gasteiger partial charge on any atom is 0.329 e. The fourth-order valence-electron chi connectivity index (χ4n) is 4.59. The maximum absolute atomic E-state index is 15.2. The summed E-state index contributed by atoms with van der Waals surface area (Å²) in [5.74, 6) is -2.70. The van der Waals surface area contributed by atoms with Gasteiger partial charge in [0.05, 0.1) is 31.3 Å². The summed E-state index contributed by atoms with van der Waals surface area (Å²) >= 11 is 0. The van der Waals surface area contributed by atoms with E-state index in [0.717, 1.165) is 14.9 Å². The highest BCUT2D eigenvalue weighted by molar-refractivity contribution is 7.90. The molecule has 1 aliphatic rings. The number of anilines is 2. The molecule has 0 saturated heterocycles. The van der Waals surface area contributed by atoms with Crippen molar-refractivity contribution in [2.24, 2.45) is 0 Å². The second kappa shape index (κ2) is 8.73. The molecule has 3 heterocycles. The molecule has 12 heteroatoms. The Morgan fingerprint density at radius 2 is 1.59 bits per heavy atom. The number of pyridine rings is 1. The molecule has 0 atom stereocenters. The third kappa shape index (κ3) is 3.58. The van der Waals surface area contributed by atoms with E-state index in [2.05, 4.69) is 4.98 Å². The minimum absolute atomic E-state index is 0.0867. The Morgan fingerprint density at radius 3 is 2.19 bits per heavy atom. The number of methoxy groups -OCH3 is 2. The molecular weight excluding hydrogens is 506 g/mol. The lowest BCUT2D eigenvalue weighted by molar-refractivity contribution is 0.250. The zero-order valence-electron chi connectivity index (χ0n) is 20.3. The average molecular weight is 529 g/mol. The molecule has 0 spiro atoms. The Hall–Kier alpha value is -4.19. The molecule has 5 rings (SSSR count). The molecule has 37 heavy (non-hydrogen) atoms. The third-order valence-corrected chi connectivity index (χ3v) is 8.10. The molecule has 0 N–H and O–H groups in total. The largest absolute Gasteiger partial charge is 0.493 e. The van der Waals surface area contributed by atoms with Crippen molar-refractivity contribution in [3.8, 4) is 11.5 Å². The second-order valence-corrected chi connectivity index (χ2v) is 10.2. The Morgan fingerprint density at radius 1 is 0.973 bits per heavy atom. The minimum Gasteiger partial charge on any atom is -0.493 e. The number of aryl methyl sites for hydroxylation is 1. The van der Waals surface area contributed by atoms with Gasteiger partial charge in [0.15, 0.2) is 28.8 Å². The van der Waals surface area contributed by atoms with Gasteiger partial charge in [-0.05, 0) is 25.1 Å². The summed E-state index contributed by atoms with van der Waals surface area (Å²) in [5.41, 5.74) is 0.752. The molecule has 9 nitrogen and oxygen atoms in total. The van der Waals surface area contributed by atoms with Crippen LogP contribution in [0.2, 0.25) is 0 Å². The van der Waals surface area contributed by atoms with Crippen LogP contribution in [0.1, 0.15) is 11.3 Å². The highest BCUT2D eigenvalue weighted by Gasteiger charge is 2.37. The molecule has 0 saturated carbocycles. The second-order valence-electron chi connectivity index (χ2n) is 8.42. The van der Waals surface area contributed by atoms with E-state index in [-0.39, 0.29) is 28.6 Å². The fourth-order valence-corrected chi connectivity index (χ4v) is 6.11. The quantitative estimate of drug-likeness (QED) is 0.380. The third-order valence-electron chi connectivity index (χ3n) is 6.29. The number of hydrogen-bond donors (Lipinski definition) is 0. The first-order valence-electron chi connectivity index (χ1n) is 11.1. The van der Waals surface area contributed by atoms with Gasteiger partial charge in [-0.3, -0.25) is 9.80 Å². The molecule has 2 aromatic carbocycles. The Labute approximate surface area is 211 Å². The van der Waals surface area contributed by atoms with E-state index in [1.165, 1.54) is 44.5 Å². The van der Waals surface area contributed by atoms with Crippen LogP contribution in [0.3, 0.4) is 0 Å². The molecule has 0 fully saturated rings. The number of carbonyl (C=O) groups excluding carboxylic acids is 1. The van der Waals surface area contributed by atoms with Crippen LogP contribution in [0.4, 0.5) is 25.0 Å². The number of benzene rings is 2. The smallest absolute Gasteiger partial charge is 0.329 e. The van der Waals surface area contributed by atoms with Crippen molar-refractivity contribution in [2.75, 3.05) is 31.1 Å². The highest BCUT2D eigenvalue weighted by atomic mass is 32.2. The number of urea groups is 1. The number of halogens is 2. The van der Waals surface area contributed by atoms with E-state index < -0.39 is 33.4 Å². The van der Waals surface area contributed by atoms with Crippen LogP contribution < -0.4 is 19.3 Å². The summed E-state index contributed by atoms with van der Waals surface area (Å²) in [7, 11) is -0.0979. The Balaban J connectivity index is 1.68. The summed E-state index contributed by atoms with van der Waals surface area (Å²) in [6.07, 6.45) is 1.40. The first-order valence-corrected chi connectivity index (χ1v) is 12.5. The lowest BCUT2D eigenvalue weighted by Gasteiger charge is -2.35. The molecule has 2 aromatic heterocycles. The van der Waals surface area contributed by atoms with E-state index in [1.54, 1.807) is 31.2 Å². The Bertz CT molecular complexity index is 1640. The number of hydrogen-bond acceptors (Lipinski definition) is 6. The molecule has 0 radical (unpaired) electrons. The van der Waals surface area contributed by atoms with Crippen LogP contribution >= 0.6 is 0 Å². The summed E-state index contributed by atoms with van der Waals surface area (Å²) in [5, 5.41) is 0.411. The van der Waals surface area contributed by atoms with Gasteiger partial charge in [-0.25, -0.2) is 30.9 Å². The van der Waals surface area contributed by atoms with E-state index in [1.807, 2.05) is 0 Å².